The molecule has 26 heavy (non-hydrogen) atoms. The third-order valence-electron chi connectivity index (χ3n) is 4.12. The fourth-order valence-corrected chi connectivity index (χ4v) is 2.72. The van der Waals surface area contributed by atoms with Gasteiger partial charge in [0.05, 0.1) is 6.61 Å². The van der Waals surface area contributed by atoms with Crippen molar-refractivity contribution < 1.29 is 4.74 Å². The molecule has 2 aromatic rings. The van der Waals surface area contributed by atoms with Crippen molar-refractivity contribution in [2.75, 3.05) is 12.3 Å². The molecule has 0 aliphatic carbocycles. The molecule has 2 rings (SSSR count). The molecule has 0 bridgehead atoms. The minimum atomic E-state index is -0.599. The van der Waals surface area contributed by atoms with Gasteiger partial charge < -0.3 is 15.5 Å². The first kappa shape index (κ1) is 19.2. The van der Waals surface area contributed by atoms with Crippen molar-refractivity contribution >= 4 is 5.82 Å². The highest BCUT2D eigenvalue weighted by atomic mass is 16.5. The number of anilines is 1. The molecule has 0 aliphatic heterocycles. The predicted molar refractivity (Wildman–Crippen MR) is 100 cm³/mol. The molecule has 0 unspecified atom stereocenters. The van der Waals surface area contributed by atoms with Crippen LogP contribution in [-0.2, 0) is 11.3 Å². The summed E-state index contributed by atoms with van der Waals surface area (Å²) in [5, 5.41) is 18.6. The maximum Gasteiger partial charge on any atom is 0.268 e. The number of hydrogen-bond donors (Lipinski definition) is 2. The Labute approximate surface area is 152 Å². The molecule has 0 radical (unpaired) electrons. The number of benzene rings is 1. The largest absolute Gasteiger partial charge is 0.384 e. The summed E-state index contributed by atoms with van der Waals surface area (Å²) in [6.45, 7) is 3.40. The first-order chi connectivity index (χ1) is 12.6. The van der Waals surface area contributed by atoms with E-state index >= 15 is 0 Å². The summed E-state index contributed by atoms with van der Waals surface area (Å²) in [5.41, 5.74) is 6.97. The van der Waals surface area contributed by atoms with Crippen LogP contribution in [0.1, 0.15) is 49.3 Å². The Kier molecular flexibility index (Phi) is 6.96. The molecule has 1 aromatic heterocycles. The highest BCUT2D eigenvalue weighted by Crippen LogP contribution is 2.28. The highest BCUT2D eigenvalue weighted by Gasteiger charge is 2.17. The van der Waals surface area contributed by atoms with E-state index in [1.807, 2.05) is 24.3 Å². The van der Waals surface area contributed by atoms with Gasteiger partial charge in [-0.2, -0.15) is 10.5 Å². The fourth-order valence-electron chi connectivity index (χ4n) is 2.72. The third-order valence-corrected chi connectivity index (χ3v) is 4.12. The topological polar surface area (TPSA) is 116 Å². The number of rotatable bonds is 8. The Balaban J connectivity index is 2.18. The Morgan fingerprint density at radius 3 is 2.38 bits per heavy atom. The van der Waals surface area contributed by atoms with E-state index in [-0.39, 0.29) is 22.5 Å². The maximum absolute atomic E-state index is 12.0. The second-order valence-electron chi connectivity index (χ2n) is 6.03. The molecule has 0 amide bonds. The van der Waals surface area contributed by atoms with Gasteiger partial charge in [-0.15, -0.1) is 0 Å². The molecule has 0 fully saturated rings. The van der Waals surface area contributed by atoms with Gasteiger partial charge in [-0.05, 0) is 17.5 Å². The smallest absolute Gasteiger partial charge is 0.268 e. The number of nitriles is 2. The Hall–Kier alpha value is -3.09. The summed E-state index contributed by atoms with van der Waals surface area (Å²) in [6, 6.07) is 11.1. The first-order valence-corrected chi connectivity index (χ1v) is 8.65. The Morgan fingerprint density at radius 1 is 1.08 bits per heavy atom. The third kappa shape index (κ3) is 4.50. The summed E-state index contributed by atoms with van der Waals surface area (Å²) in [5.74, 6) is -0.0361. The number of nitrogens with one attached hydrogen (secondary N) is 1. The number of ether oxygens (including phenoxy) is 1. The fraction of sp³-hybridized carbons (Fsp3) is 0.350. The molecule has 1 heterocycles. The number of hydrogen-bond acceptors (Lipinski definition) is 5. The molecule has 6 nitrogen and oxygen atoms in total. The number of pyridine rings is 1. The van der Waals surface area contributed by atoms with Gasteiger partial charge in [-0.3, -0.25) is 4.79 Å². The van der Waals surface area contributed by atoms with Gasteiger partial charge in [0, 0.05) is 12.2 Å². The van der Waals surface area contributed by atoms with Crippen molar-refractivity contribution in [2.24, 2.45) is 0 Å². The van der Waals surface area contributed by atoms with Crippen LogP contribution in [0.5, 0.6) is 0 Å². The average Bonchev–Trinajstić information content (AvgIpc) is 2.64. The summed E-state index contributed by atoms with van der Waals surface area (Å²) >= 11 is 0. The number of aromatic nitrogens is 1. The lowest BCUT2D eigenvalue weighted by atomic mass is 9.96. The SMILES string of the molecule is CCCCCCOCc1ccc(-c2c(C#N)c(N)[nH]c(=O)c2C#N)cc1. The van der Waals surface area contributed by atoms with Crippen LogP contribution in [0, 0.1) is 22.7 Å². The molecule has 0 spiro atoms. The summed E-state index contributed by atoms with van der Waals surface area (Å²) < 4.78 is 5.66. The normalized spacial score (nSPS) is 10.3. The van der Waals surface area contributed by atoms with E-state index in [9.17, 15) is 15.3 Å². The molecule has 134 valence electrons. The highest BCUT2D eigenvalue weighted by molar-refractivity contribution is 5.80. The van der Waals surface area contributed by atoms with Crippen molar-refractivity contribution in [1.29, 1.82) is 10.5 Å². The molecule has 0 atom stereocenters. The molecule has 1 aromatic carbocycles. The van der Waals surface area contributed by atoms with Gasteiger partial charge in [0.25, 0.3) is 5.56 Å². The van der Waals surface area contributed by atoms with E-state index in [4.69, 9.17) is 10.5 Å². The van der Waals surface area contributed by atoms with Gasteiger partial charge in [-0.25, -0.2) is 0 Å². The van der Waals surface area contributed by atoms with Crippen molar-refractivity contribution in [3.63, 3.8) is 0 Å². The van der Waals surface area contributed by atoms with E-state index in [2.05, 4.69) is 11.9 Å². The van der Waals surface area contributed by atoms with Crippen LogP contribution in [-0.4, -0.2) is 11.6 Å². The quantitative estimate of drug-likeness (QED) is 0.707. The minimum Gasteiger partial charge on any atom is -0.384 e. The zero-order valence-electron chi connectivity index (χ0n) is 14.8. The van der Waals surface area contributed by atoms with Crippen molar-refractivity contribution in [2.45, 2.75) is 39.2 Å². The average molecular weight is 350 g/mol. The molecule has 0 saturated carbocycles. The summed E-state index contributed by atoms with van der Waals surface area (Å²) in [6.07, 6.45) is 4.64. The van der Waals surface area contributed by atoms with Crippen LogP contribution >= 0.6 is 0 Å². The molecule has 0 saturated heterocycles. The molecule has 3 N–H and O–H groups in total. The summed E-state index contributed by atoms with van der Waals surface area (Å²) in [7, 11) is 0. The molecule has 6 heteroatoms. The van der Waals surface area contributed by atoms with E-state index in [1.54, 1.807) is 12.1 Å². The maximum atomic E-state index is 12.0. The van der Waals surface area contributed by atoms with Gasteiger partial charge in [0.1, 0.15) is 29.1 Å². The van der Waals surface area contributed by atoms with Gasteiger partial charge in [0.15, 0.2) is 0 Å². The number of H-pyrrole nitrogens is 1. The van der Waals surface area contributed by atoms with Crippen molar-refractivity contribution in [3.8, 4) is 23.3 Å². The number of unbranched alkanes of at least 4 members (excludes halogenated alkanes) is 3. The number of nitrogens with two attached hydrogens (primary N) is 1. The lowest BCUT2D eigenvalue weighted by molar-refractivity contribution is 0.117. The zero-order chi connectivity index (χ0) is 18.9. The van der Waals surface area contributed by atoms with Gasteiger partial charge in [0.2, 0.25) is 0 Å². The van der Waals surface area contributed by atoms with Crippen molar-refractivity contribution in [1.82, 2.24) is 4.98 Å². The monoisotopic (exact) mass is 350 g/mol. The Morgan fingerprint density at radius 2 is 1.77 bits per heavy atom. The van der Waals surface area contributed by atoms with Crippen LogP contribution in [0.25, 0.3) is 11.1 Å². The first-order valence-electron chi connectivity index (χ1n) is 8.65. The lowest BCUT2D eigenvalue weighted by Crippen LogP contribution is -2.16. The van der Waals surface area contributed by atoms with Crippen LogP contribution in [0.15, 0.2) is 29.1 Å². The van der Waals surface area contributed by atoms with E-state index < -0.39 is 5.56 Å². The van der Waals surface area contributed by atoms with Crippen LogP contribution in [0.3, 0.4) is 0 Å². The molecule has 0 aliphatic rings. The standard InChI is InChI=1S/C20H22N4O2/c1-2-3-4-5-10-26-13-14-6-8-15(9-7-14)18-16(11-21)19(23)24-20(25)17(18)12-22/h6-9H,2-5,10,13H2,1H3,(H3,23,24,25). The molecular formula is C20H22N4O2. The van der Waals surface area contributed by atoms with Gasteiger partial charge >= 0.3 is 0 Å². The van der Waals surface area contributed by atoms with E-state index in [0.717, 1.165) is 18.6 Å². The summed E-state index contributed by atoms with van der Waals surface area (Å²) in [4.78, 5) is 14.3. The molecular weight excluding hydrogens is 328 g/mol. The zero-order valence-corrected chi connectivity index (χ0v) is 14.8. The van der Waals surface area contributed by atoms with Crippen LogP contribution in [0.4, 0.5) is 5.82 Å². The van der Waals surface area contributed by atoms with Crippen LogP contribution < -0.4 is 11.3 Å². The van der Waals surface area contributed by atoms with Gasteiger partial charge in [-0.1, -0.05) is 50.5 Å². The van der Waals surface area contributed by atoms with Crippen LogP contribution in [0.2, 0.25) is 0 Å². The lowest BCUT2D eigenvalue weighted by Gasteiger charge is -2.10. The van der Waals surface area contributed by atoms with E-state index in [0.29, 0.717) is 12.2 Å². The predicted octanol–water partition coefficient (Wildman–Crippen LogP) is 3.46. The minimum absolute atomic E-state index is 0.0361. The second-order valence-corrected chi connectivity index (χ2v) is 6.03. The van der Waals surface area contributed by atoms with Crippen molar-refractivity contribution in [3.05, 3.63) is 51.3 Å². The number of nitrogen functional groups attached to an aromatic ring is 1. The van der Waals surface area contributed by atoms with E-state index in [1.165, 1.54) is 19.3 Å². The Bertz CT molecular complexity index is 886. The number of aromatic amines is 1. The number of nitrogens with zero attached hydrogens (tertiary/aromatic N) is 2. The second kappa shape index (κ2) is 9.41.